The number of nitrogens with zero attached hydrogens (tertiary/aromatic N) is 3. The van der Waals surface area contributed by atoms with Crippen molar-refractivity contribution in [1.82, 2.24) is 19.4 Å². The molecule has 0 spiro atoms. The second kappa shape index (κ2) is 8.03. The van der Waals surface area contributed by atoms with Gasteiger partial charge in [-0.15, -0.1) is 0 Å². The summed E-state index contributed by atoms with van der Waals surface area (Å²) in [6, 6.07) is 3.94. The maximum absolute atomic E-state index is 12.5. The quantitative estimate of drug-likeness (QED) is 0.732. The second-order valence-corrected chi connectivity index (χ2v) is 8.06. The molecule has 144 valence electrons. The minimum Gasteiger partial charge on any atom is -0.384 e. The molecule has 0 radical (unpaired) electrons. The monoisotopic (exact) mass is 362 g/mol. The van der Waals surface area contributed by atoms with Gasteiger partial charge in [0.15, 0.2) is 5.65 Å². The van der Waals surface area contributed by atoms with Crippen LogP contribution in [0.3, 0.4) is 0 Å². The average molecular weight is 362 g/mol. The van der Waals surface area contributed by atoms with Gasteiger partial charge in [0.1, 0.15) is 6.10 Å². The smallest absolute Gasteiger partial charge is 0.330 e. The maximum atomic E-state index is 12.5. The number of hydrogen-bond donors (Lipinski definition) is 2. The van der Waals surface area contributed by atoms with Crippen molar-refractivity contribution >= 4 is 17.1 Å². The van der Waals surface area contributed by atoms with Gasteiger partial charge in [-0.1, -0.05) is 20.8 Å². The van der Waals surface area contributed by atoms with E-state index in [4.69, 9.17) is 5.11 Å². The molecule has 0 aliphatic carbocycles. The number of amides is 1. The summed E-state index contributed by atoms with van der Waals surface area (Å²) < 4.78 is 3.39. The number of rotatable bonds is 7. The van der Waals surface area contributed by atoms with Crippen LogP contribution in [0.15, 0.2) is 16.9 Å². The van der Waals surface area contributed by atoms with E-state index in [1.54, 1.807) is 16.2 Å². The van der Waals surface area contributed by atoms with Gasteiger partial charge >= 0.3 is 5.69 Å². The normalized spacial score (nSPS) is 13.2. The van der Waals surface area contributed by atoms with Gasteiger partial charge in [0.25, 0.3) is 0 Å². The van der Waals surface area contributed by atoms with Gasteiger partial charge in [-0.3, -0.25) is 13.9 Å². The minimum absolute atomic E-state index is 0.00722. The van der Waals surface area contributed by atoms with Crippen LogP contribution in [0, 0.1) is 5.41 Å². The Morgan fingerprint density at radius 1 is 1.31 bits per heavy atom. The zero-order valence-corrected chi connectivity index (χ0v) is 16.4. The molecule has 7 heteroatoms. The third-order valence-corrected chi connectivity index (χ3v) is 4.21. The lowest BCUT2D eigenvalue weighted by molar-refractivity contribution is -0.128. The van der Waals surface area contributed by atoms with Crippen LogP contribution in [-0.4, -0.2) is 37.8 Å². The first-order valence-electron chi connectivity index (χ1n) is 9.11. The molecule has 1 atom stereocenters. The topological polar surface area (TPSA) is 89.2 Å². The van der Waals surface area contributed by atoms with E-state index in [0.717, 1.165) is 30.5 Å². The predicted octanol–water partition coefficient (Wildman–Crippen LogP) is 1.60. The van der Waals surface area contributed by atoms with Crippen molar-refractivity contribution in [3.8, 4) is 0 Å². The number of carbonyl (C=O) groups excluding carboxylic acids is 1. The van der Waals surface area contributed by atoms with Gasteiger partial charge in [0.2, 0.25) is 5.91 Å². The molecule has 26 heavy (non-hydrogen) atoms. The fourth-order valence-corrected chi connectivity index (χ4v) is 2.87. The molecule has 7 nitrogen and oxygen atoms in total. The van der Waals surface area contributed by atoms with Crippen LogP contribution in [0.25, 0.3) is 11.2 Å². The van der Waals surface area contributed by atoms with Gasteiger partial charge in [-0.05, 0) is 43.7 Å². The van der Waals surface area contributed by atoms with Gasteiger partial charge in [-0.25, -0.2) is 9.78 Å². The summed E-state index contributed by atoms with van der Waals surface area (Å²) in [6.45, 7) is 8.95. The Morgan fingerprint density at radius 3 is 2.62 bits per heavy atom. The molecule has 2 N–H and O–H groups in total. The number of imidazole rings is 1. The van der Waals surface area contributed by atoms with E-state index in [1.807, 2.05) is 12.1 Å². The molecule has 2 heterocycles. The van der Waals surface area contributed by atoms with Gasteiger partial charge in [0, 0.05) is 25.8 Å². The van der Waals surface area contributed by atoms with Gasteiger partial charge in [-0.2, -0.15) is 0 Å². The Labute approximate surface area is 154 Å². The van der Waals surface area contributed by atoms with Crippen LogP contribution < -0.4 is 11.0 Å². The summed E-state index contributed by atoms with van der Waals surface area (Å²) in [6.07, 6.45) is 1.48. The van der Waals surface area contributed by atoms with Crippen molar-refractivity contribution < 1.29 is 9.90 Å². The number of unbranched alkanes of at least 4 members (excludes halogenated alkanes) is 1. The molecule has 0 aliphatic rings. The number of nitrogens with one attached hydrogen (secondary N) is 1. The SMILES string of the molecule is CC(O)C(=O)NCCCCc1ccc2c(n1)n(C)c(=O)n2CC(C)(C)C. The van der Waals surface area contributed by atoms with Crippen LogP contribution in [0.2, 0.25) is 0 Å². The van der Waals surface area contributed by atoms with E-state index in [-0.39, 0.29) is 17.0 Å². The second-order valence-electron chi connectivity index (χ2n) is 8.06. The van der Waals surface area contributed by atoms with E-state index in [1.165, 1.54) is 6.92 Å². The lowest BCUT2D eigenvalue weighted by atomic mass is 9.97. The van der Waals surface area contributed by atoms with Crippen molar-refractivity contribution in [2.45, 2.75) is 59.6 Å². The highest BCUT2D eigenvalue weighted by atomic mass is 16.3. The Hall–Kier alpha value is -2.15. The van der Waals surface area contributed by atoms with Crippen molar-refractivity contribution in [3.63, 3.8) is 0 Å². The fraction of sp³-hybridized carbons (Fsp3) is 0.632. The first-order chi connectivity index (χ1) is 12.1. The molecule has 2 aromatic heterocycles. The van der Waals surface area contributed by atoms with Crippen molar-refractivity contribution in [2.24, 2.45) is 12.5 Å². The average Bonchev–Trinajstić information content (AvgIpc) is 2.77. The molecule has 0 bridgehead atoms. The molecule has 0 aromatic carbocycles. The first kappa shape index (κ1) is 20.2. The summed E-state index contributed by atoms with van der Waals surface area (Å²) in [7, 11) is 1.76. The number of carbonyl (C=O) groups is 1. The molecule has 0 saturated carbocycles. The summed E-state index contributed by atoms with van der Waals surface area (Å²) in [5.74, 6) is -0.347. The molecule has 1 unspecified atom stereocenters. The first-order valence-corrected chi connectivity index (χ1v) is 9.11. The van der Waals surface area contributed by atoms with Crippen molar-refractivity contribution in [2.75, 3.05) is 6.54 Å². The highest BCUT2D eigenvalue weighted by Crippen LogP contribution is 2.19. The summed E-state index contributed by atoms with van der Waals surface area (Å²) in [5.41, 5.74) is 2.47. The molecular formula is C19H30N4O3. The van der Waals surface area contributed by atoms with Crippen LogP contribution in [-0.2, 0) is 24.8 Å². The number of fused-ring (bicyclic) bond motifs is 1. The molecule has 2 aromatic rings. The Morgan fingerprint density at radius 2 is 2.00 bits per heavy atom. The molecular weight excluding hydrogens is 332 g/mol. The third kappa shape index (κ3) is 4.94. The molecule has 1 amide bonds. The number of aromatic nitrogens is 3. The predicted molar refractivity (Wildman–Crippen MR) is 102 cm³/mol. The summed E-state index contributed by atoms with van der Waals surface area (Å²) >= 11 is 0. The van der Waals surface area contributed by atoms with E-state index >= 15 is 0 Å². The number of pyridine rings is 1. The minimum atomic E-state index is -0.975. The number of aliphatic hydroxyl groups excluding tert-OH is 1. The Balaban J connectivity index is 2.04. The van der Waals surface area contributed by atoms with Crippen LogP contribution >= 0.6 is 0 Å². The number of hydrogen-bond acceptors (Lipinski definition) is 4. The van der Waals surface area contributed by atoms with Crippen LogP contribution in [0.5, 0.6) is 0 Å². The largest absolute Gasteiger partial charge is 0.384 e. The lowest BCUT2D eigenvalue weighted by Gasteiger charge is -2.18. The molecule has 0 saturated heterocycles. The fourth-order valence-electron chi connectivity index (χ4n) is 2.87. The maximum Gasteiger partial charge on any atom is 0.330 e. The van der Waals surface area contributed by atoms with E-state index in [0.29, 0.717) is 18.7 Å². The van der Waals surface area contributed by atoms with E-state index < -0.39 is 6.10 Å². The van der Waals surface area contributed by atoms with Crippen LogP contribution in [0.1, 0.15) is 46.2 Å². The van der Waals surface area contributed by atoms with E-state index in [9.17, 15) is 9.59 Å². The molecule has 0 aliphatic heterocycles. The lowest BCUT2D eigenvalue weighted by Crippen LogP contribution is -2.33. The Kier molecular flexibility index (Phi) is 6.23. The third-order valence-electron chi connectivity index (χ3n) is 4.21. The Bertz CT molecular complexity index is 828. The zero-order valence-electron chi connectivity index (χ0n) is 16.4. The van der Waals surface area contributed by atoms with Crippen LogP contribution in [0.4, 0.5) is 0 Å². The highest BCUT2D eigenvalue weighted by molar-refractivity contribution is 5.79. The van der Waals surface area contributed by atoms with Gasteiger partial charge < -0.3 is 10.4 Å². The summed E-state index contributed by atoms with van der Waals surface area (Å²) in [4.78, 5) is 28.5. The van der Waals surface area contributed by atoms with Gasteiger partial charge in [0.05, 0.1) is 5.52 Å². The summed E-state index contributed by atoms with van der Waals surface area (Å²) in [5, 5.41) is 11.8. The molecule has 2 rings (SSSR count). The highest BCUT2D eigenvalue weighted by Gasteiger charge is 2.18. The number of aliphatic hydroxyl groups is 1. The number of aryl methyl sites for hydroxylation is 2. The standard InChI is InChI=1S/C19H30N4O3/c1-13(24)17(25)20-11-7-6-8-14-9-10-15-16(21-14)22(5)18(26)23(15)12-19(2,3)4/h9-10,13,24H,6-8,11-12H2,1-5H3,(H,20,25). The molecule has 0 fully saturated rings. The van der Waals surface area contributed by atoms with E-state index in [2.05, 4.69) is 31.1 Å². The van der Waals surface area contributed by atoms with Crippen molar-refractivity contribution in [3.05, 3.63) is 28.3 Å². The van der Waals surface area contributed by atoms with Crippen molar-refractivity contribution in [1.29, 1.82) is 0 Å². The zero-order chi connectivity index (χ0) is 19.5.